The molecule has 1 fully saturated rings. The van der Waals surface area contributed by atoms with Gasteiger partial charge in [0.25, 0.3) is 5.95 Å². The summed E-state index contributed by atoms with van der Waals surface area (Å²) in [6, 6.07) is 6.52. The van der Waals surface area contributed by atoms with E-state index in [0.29, 0.717) is 24.8 Å². The van der Waals surface area contributed by atoms with Gasteiger partial charge < -0.3 is 19.5 Å². The van der Waals surface area contributed by atoms with Gasteiger partial charge >= 0.3 is 5.97 Å². The average Bonchev–Trinajstić information content (AvgIpc) is 3.42. The topological polar surface area (TPSA) is 80.5 Å². The number of esters is 1. The highest BCUT2D eigenvalue weighted by atomic mass is 16.6. The van der Waals surface area contributed by atoms with E-state index in [9.17, 15) is 4.79 Å². The van der Waals surface area contributed by atoms with Gasteiger partial charge in [0.1, 0.15) is 5.60 Å². The molecule has 0 bridgehead atoms. The maximum Gasteiger partial charge on any atom is 0.307 e. The fourth-order valence-corrected chi connectivity index (χ4v) is 5.12. The first-order chi connectivity index (χ1) is 16.2. The van der Waals surface area contributed by atoms with Gasteiger partial charge in [0.15, 0.2) is 0 Å². The van der Waals surface area contributed by atoms with Gasteiger partial charge in [-0.05, 0) is 87.1 Å². The van der Waals surface area contributed by atoms with Crippen LogP contribution < -0.4 is 10.2 Å². The number of hydrogen-bond donors (Lipinski definition) is 1. The average molecular weight is 469 g/mol. The van der Waals surface area contributed by atoms with Crippen LogP contribution in [0.3, 0.4) is 0 Å². The number of nitrogens with zero attached hydrogens (tertiary/aromatic N) is 3. The Morgan fingerprint density at radius 2 is 2.00 bits per heavy atom. The molecule has 34 heavy (non-hydrogen) atoms. The Morgan fingerprint density at radius 1 is 1.24 bits per heavy atom. The van der Waals surface area contributed by atoms with Crippen molar-refractivity contribution in [3.8, 4) is 0 Å². The first-order valence-corrected chi connectivity index (χ1v) is 12.8. The second kappa shape index (κ2) is 10.5. The molecule has 0 radical (unpaired) electrons. The van der Waals surface area contributed by atoms with Crippen molar-refractivity contribution in [3.63, 3.8) is 0 Å². The van der Waals surface area contributed by atoms with Crippen molar-refractivity contribution in [2.45, 2.75) is 91.2 Å². The molecule has 1 saturated carbocycles. The second-order valence-electron chi connectivity index (χ2n) is 11.2. The first-order valence-electron chi connectivity index (χ1n) is 12.8. The smallest absolute Gasteiger partial charge is 0.307 e. The van der Waals surface area contributed by atoms with Crippen LogP contribution in [0.1, 0.15) is 89.7 Å². The van der Waals surface area contributed by atoms with E-state index in [1.165, 1.54) is 24.0 Å². The molecule has 186 valence electrons. The number of fused-ring (bicyclic) bond motifs is 1. The summed E-state index contributed by atoms with van der Waals surface area (Å²) in [6.07, 6.45) is 6.12. The molecule has 7 heteroatoms. The highest BCUT2D eigenvalue weighted by Gasteiger charge is 2.30. The standard InChI is InChI=1S/C27H40N4O3/c1-18(2)20-7-9-21(10-8-20)25-29-26(30-34-25)31-15-13-22-16-19(6-11-23(22)31)17-28-14-12-24(32)33-27(3,4)5/h6,11,16,18,20-21,28H,7-10,12-15,17H2,1-5H3. The predicted octanol–water partition coefficient (Wildman–Crippen LogP) is 5.52. The molecular weight excluding hydrogens is 428 g/mol. The van der Waals surface area contributed by atoms with Crippen LogP contribution in [0.4, 0.5) is 11.6 Å². The lowest BCUT2D eigenvalue weighted by Gasteiger charge is -2.28. The van der Waals surface area contributed by atoms with Gasteiger partial charge in [0.2, 0.25) is 5.89 Å². The molecule has 2 aliphatic rings. The van der Waals surface area contributed by atoms with Crippen LogP contribution in [0.5, 0.6) is 0 Å². The highest BCUT2D eigenvalue weighted by molar-refractivity contribution is 5.70. The summed E-state index contributed by atoms with van der Waals surface area (Å²) in [7, 11) is 0. The quantitative estimate of drug-likeness (QED) is 0.404. The number of aromatic nitrogens is 2. The fraction of sp³-hybridized carbons (Fsp3) is 0.667. The summed E-state index contributed by atoms with van der Waals surface area (Å²) in [6.45, 7) is 12.5. The number of nitrogens with one attached hydrogen (secondary N) is 1. The van der Waals surface area contributed by atoms with Gasteiger partial charge in [0.05, 0.1) is 6.42 Å². The minimum atomic E-state index is -0.435. The summed E-state index contributed by atoms with van der Waals surface area (Å²) < 4.78 is 11.1. The molecule has 0 unspecified atom stereocenters. The number of anilines is 2. The molecule has 7 nitrogen and oxygen atoms in total. The zero-order valence-corrected chi connectivity index (χ0v) is 21.4. The fourth-order valence-electron chi connectivity index (χ4n) is 5.12. The molecule has 0 amide bonds. The van der Waals surface area contributed by atoms with Gasteiger partial charge in [-0.25, -0.2) is 0 Å². The molecule has 1 aromatic carbocycles. The predicted molar refractivity (Wildman–Crippen MR) is 133 cm³/mol. The third-order valence-electron chi connectivity index (χ3n) is 7.03. The van der Waals surface area contributed by atoms with Crippen LogP contribution in [-0.2, 0) is 22.5 Å². The van der Waals surface area contributed by atoms with Crippen molar-refractivity contribution in [1.82, 2.24) is 15.5 Å². The Labute approximate surface area is 203 Å². The number of ether oxygens (including phenoxy) is 1. The lowest BCUT2D eigenvalue weighted by molar-refractivity contribution is -0.154. The van der Waals surface area contributed by atoms with E-state index in [1.807, 2.05) is 20.8 Å². The van der Waals surface area contributed by atoms with E-state index in [4.69, 9.17) is 14.2 Å². The Morgan fingerprint density at radius 3 is 2.71 bits per heavy atom. The Hall–Kier alpha value is -2.41. The van der Waals surface area contributed by atoms with E-state index in [2.05, 4.69) is 47.4 Å². The highest BCUT2D eigenvalue weighted by Crippen LogP contribution is 2.39. The third-order valence-corrected chi connectivity index (χ3v) is 7.03. The molecule has 1 N–H and O–H groups in total. The zero-order valence-electron chi connectivity index (χ0n) is 21.4. The molecule has 1 aromatic heterocycles. The molecule has 2 aromatic rings. The monoisotopic (exact) mass is 468 g/mol. The Balaban J connectivity index is 1.30. The maximum absolute atomic E-state index is 11.9. The zero-order chi connectivity index (χ0) is 24.3. The van der Waals surface area contributed by atoms with Crippen LogP contribution in [0.25, 0.3) is 0 Å². The molecule has 0 saturated heterocycles. The van der Waals surface area contributed by atoms with E-state index < -0.39 is 5.60 Å². The molecule has 0 spiro atoms. The molecule has 1 aliphatic carbocycles. The van der Waals surface area contributed by atoms with Gasteiger partial charge in [-0.2, -0.15) is 4.98 Å². The summed E-state index contributed by atoms with van der Waals surface area (Å²) >= 11 is 0. The minimum Gasteiger partial charge on any atom is -0.460 e. The van der Waals surface area contributed by atoms with Crippen molar-refractivity contribution < 1.29 is 14.1 Å². The van der Waals surface area contributed by atoms with Gasteiger partial charge in [-0.15, -0.1) is 0 Å². The van der Waals surface area contributed by atoms with Crippen molar-refractivity contribution in [2.75, 3.05) is 18.0 Å². The summed E-state index contributed by atoms with van der Waals surface area (Å²) in [5.74, 6) is 3.29. The van der Waals surface area contributed by atoms with Crippen LogP contribution >= 0.6 is 0 Å². The van der Waals surface area contributed by atoms with Crippen molar-refractivity contribution in [3.05, 3.63) is 35.2 Å². The Kier molecular flexibility index (Phi) is 7.60. The number of benzene rings is 1. The molecular formula is C27H40N4O3. The summed E-state index contributed by atoms with van der Waals surface area (Å²) in [5, 5.41) is 7.68. The summed E-state index contributed by atoms with van der Waals surface area (Å²) in [5.41, 5.74) is 3.24. The number of hydrogen-bond acceptors (Lipinski definition) is 7. The van der Waals surface area contributed by atoms with Crippen molar-refractivity contribution in [1.29, 1.82) is 0 Å². The van der Waals surface area contributed by atoms with E-state index in [1.54, 1.807) is 0 Å². The van der Waals surface area contributed by atoms with Crippen molar-refractivity contribution >= 4 is 17.6 Å². The molecule has 4 rings (SSSR count). The van der Waals surface area contributed by atoms with Crippen LogP contribution in [0.15, 0.2) is 22.7 Å². The van der Waals surface area contributed by atoms with E-state index in [0.717, 1.165) is 55.8 Å². The minimum absolute atomic E-state index is 0.169. The third kappa shape index (κ3) is 6.17. The second-order valence-corrected chi connectivity index (χ2v) is 11.2. The van der Waals surface area contributed by atoms with E-state index >= 15 is 0 Å². The SMILES string of the molecule is CC(C)C1CCC(c2nc(N3CCc4cc(CNCCC(=O)OC(C)(C)C)ccc43)no2)CC1. The lowest BCUT2D eigenvalue weighted by Crippen LogP contribution is -2.26. The summed E-state index contributed by atoms with van der Waals surface area (Å²) in [4.78, 5) is 18.8. The van der Waals surface area contributed by atoms with E-state index in [-0.39, 0.29) is 5.97 Å². The lowest BCUT2D eigenvalue weighted by atomic mass is 9.77. The number of carbonyl (C=O) groups is 1. The Bertz CT molecular complexity index is 970. The normalized spacial score (nSPS) is 20.6. The number of rotatable bonds is 8. The van der Waals surface area contributed by atoms with Gasteiger partial charge in [-0.3, -0.25) is 4.79 Å². The largest absolute Gasteiger partial charge is 0.460 e. The molecule has 0 atom stereocenters. The van der Waals surface area contributed by atoms with Crippen LogP contribution in [0, 0.1) is 11.8 Å². The van der Waals surface area contributed by atoms with Crippen LogP contribution in [0.2, 0.25) is 0 Å². The maximum atomic E-state index is 11.9. The van der Waals surface area contributed by atoms with Gasteiger partial charge in [0, 0.05) is 31.2 Å². The molecule has 2 heterocycles. The van der Waals surface area contributed by atoms with Crippen molar-refractivity contribution in [2.24, 2.45) is 11.8 Å². The first kappa shape index (κ1) is 24.7. The van der Waals surface area contributed by atoms with Gasteiger partial charge in [-0.1, -0.05) is 26.0 Å². The molecule has 1 aliphatic heterocycles. The number of carbonyl (C=O) groups excluding carboxylic acids is 1. The van der Waals surface area contributed by atoms with Crippen LogP contribution in [-0.4, -0.2) is 34.8 Å².